The molecule has 13 heavy (non-hydrogen) atoms. The summed E-state index contributed by atoms with van der Waals surface area (Å²) in [5.74, 6) is -0.365. The van der Waals surface area contributed by atoms with Crippen LogP contribution in [-0.2, 0) is 9.53 Å². The highest BCUT2D eigenvalue weighted by molar-refractivity contribution is 5.69. The summed E-state index contributed by atoms with van der Waals surface area (Å²) in [5.41, 5.74) is 0.656. The van der Waals surface area contributed by atoms with Crippen LogP contribution in [0.4, 0.5) is 0 Å². The van der Waals surface area contributed by atoms with Gasteiger partial charge in [-0.25, -0.2) is 0 Å². The van der Waals surface area contributed by atoms with Crippen LogP contribution in [0.3, 0.4) is 0 Å². The monoisotopic (exact) mass is 179 g/mol. The van der Waals surface area contributed by atoms with Gasteiger partial charge in [0.2, 0.25) is 0 Å². The summed E-state index contributed by atoms with van der Waals surface area (Å²) in [6, 6.07) is 0. The molecule has 0 saturated carbocycles. The second-order valence-corrected chi connectivity index (χ2v) is 2.67. The lowest BCUT2D eigenvalue weighted by atomic mass is 10.2. The first-order valence-electron chi connectivity index (χ1n) is 4.06. The van der Waals surface area contributed by atoms with E-state index in [4.69, 9.17) is 0 Å². The predicted octanol–water partition coefficient (Wildman–Crippen LogP) is 0.680. The van der Waals surface area contributed by atoms with Gasteiger partial charge in [0.15, 0.2) is 0 Å². The SMILES string of the molecule is COC(=O)CCC([O-])=C1C=CC=C1. The molecule has 0 aliphatic heterocycles. The minimum Gasteiger partial charge on any atom is -0.875 e. The molecule has 70 valence electrons. The summed E-state index contributed by atoms with van der Waals surface area (Å²) in [7, 11) is 1.31. The van der Waals surface area contributed by atoms with E-state index in [-0.39, 0.29) is 24.6 Å². The van der Waals surface area contributed by atoms with Gasteiger partial charge in [0, 0.05) is 6.42 Å². The molecule has 0 atom stereocenters. The third kappa shape index (κ3) is 2.78. The lowest BCUT2D eigenvalue weighted by Crippen LogP contribution is -2.09. The maximum atomic E-state index is 11.3. The van der Waals surface area contributed by atoms with Crippen LogP contribution < -0.4 is 5.11 Å². The normalized spacial score (nSPS) is 13.5. The van der Waals surface area contributed by atoms with Gasteiger partial charge in [-0.2, -0.15) is 0 Å². The van der Waals surface area contributed by atoms with Crippen molar-refractivity contribution in [1.29, 1.82) is 0 Å². The van der Waals surface area contributed by atoms with E-state index in [9.17, 15) is 9.90 Å². The topological polar surface area (TPSA) is 49.4 Å². The number of hydrogen-bond donors (Lipinski definition) is 0. The molecular formula is C10H11O3-. The highest BCUT2D eigenvalue weighted by Gasteiger charge is 2.00. The molecule has 0 spiro atoms. The largest absolute Gasteiger partial charge is 0.875 e. The van der Waals surface area contributed by atoms with Gasteiger partial charge in [-0.3, -0.25) is 4.79 Å². The highest BCUT2D eigenvalue weighted by atomic mass is 16.5. The van der Waals surface area contributed by atoms with Crippen LogP contribution >= 0.6 is 0 Å². The number of hydrogen-bond acceptors (Lipinski definition) is 3. The van der Waals surface area contributed by atoms with E-state index in [1.54, 1.807) is 24.3 Å². The van der Waals surface area contributed by atoms with Crippen LogP contribution in [0.5, 0.6) is 0 Å². The van der Waals surface area contributed by atoms with Crippen molar-refractivity contribution in [3.8, 4) is 0 Å². The van der Waals surface area contributed by atoms with Crippen molar-refractivity contribution in [3.05, 3.63) is 35.6 Å². The quantitative estimate of drug-likeness (QED) is 0.473. The Balaban J connectivity index is 2.45. The average Bonchev–Trinajstić information content (AvgIpc) is 2.66. The van der Waals surface area contributed by atoms with Crippen LogP contribution in [0, 0.1) is 0 Å². The Bertz CT molecular complexity index is 271. The summed E-state index contributed by atoms with van der Waals surface area (Å²) >= 11 is 0. The standard InChI is InChI=1S/C10H12O3/c1-13-10(12)7-6-9(11)8-4-2-3-5-8/h2-5,11H,6-7H2,1H3/p-1. The van der Waals surface area contributed by atoms with Crippen LogP contribution in [0.2, 0.25) is 0 Å². The van der Waals surface area contributed by atoms with Crippen LogP contribution in [0.15, 0.2) is 35.6 Å². The molecule has 0 amide bonds. The molecule has 0 radical (unpaired) electrons. The van der Waals surface area contributed by atoms with E-state index in [1.165, 1.54) is 7.11 Å². The molecule has 1 aliphatic carbocycles. The molecule has 0 heterocycles. The minimum absolute atomic E-state index is 0.0181. The Kier molecular flexibility index (Phi) is 3.31. The third-order valence-electron chi connectivity index (χ3n) is 1.77. The Morgan fingerprint density at radius 1 is 1.38 bits per heavy atom. The molecule has 3 heteroatoms. The maximum Gasteiger partial charge on any atom is 0.305 e. The molecule has 3 nitrogen and oxygen atoms in total. The van der Waals surface area contributed by atoms with Gasteiger partial charge in [-0.05, 0) is 12.0 Å². The first kappa shape index (κ1) is 9.58. The fourth-order valence-corrected chi connectivity index (χ4v) is 1.02. The molecule has 0 bridgehead atoms. The number of methoxy groups -OCH3 is 1. The number of ether oxygens (including phenoxy) is 1. The Hall–Kier alpha value is -1.51. The molecule has 0 aromatic heterocycles. The van der Waals surface area contributed by atoms with Crippen molar-refractivity contribution in [2.24, 2.45) is 0 Å². The van der Waals surface area contributed by atoms with Gasteiger partial charge in [0.1, 0.15) is 0 Å². The van der Waals surface area contributed by atoms with E-state index in [0.29, 0.717) is 5.57 Å². The number of rotatable bonds is 3. The highest BCUT2D eigenvalue weighted by Crippen LogP contribution is 2.13. The summed E-state index contributed by atoms with van der Waals surface area (Å²) in [6.45, 7) is 0. The number of carbonyl (C=O) groups is 1. The Morgan fingerprint density at radius 2 is 2.00 bits per heavy atom. The van der Waals surface area contributed by atoms with E-state index in [2.05, 4.69) is 4.74 Å². The van der Waals surface area contributed by atoms with Crippen molar-refractivity contribution < 1.29 is 14.6 Å². The van der Waals surface area contributed by atoms with Crippen molar-refractivity contribution in [2.75, 3.05) is 7.11 Å². The smallest absolute Gasteiger partial charge is 0.305 e. The maximum absolute atomic E-state index is 11.3. The van der Waals surface area contributed by atoms with Crippen molar-refractivity contribution >= 4 is 5.97 Å². The van der Waals surface area contributed by atoms with Crippen molar-refractivity contribution in [2.45, 2.75) is 12.8 Å². The second-order valence-electron chi connectivity index (χ2n) is 2.67. The summed E-state index contributed by atoms with van der Waals surface area (Å²) in [6.07, 6.45) is 7.44. The zero-order valence-electron chi connectivity index (χ0n) is 7.45. The molecule has 0 aromatic rings. The zero-order valence-corrected chi connectivity index (χ0v) is 7.45. The van der Waals surface area contributed by atoms with Gasteiger partial charge < -0.3 is 9.84 Å². The van der Waals surface area contributed by atoms with E-state index in [0.717, 1.165) is 0 Å². The molecule has 0 saturated heterocycles. The third-order valence-corrected chi connectivity index (χ3v) is 1.77. The fraction of sp³-hybridized carbons (Fsp3) is 0.300. The van der Waals surface area contributed by atoms with Crippen molar-refractivity contribution in [3.63, 3.8) is 0 Å². The molecule has 0 unspecified atom stereocenters. The summed E-state index contributed by atoms with van der Waals surface area (Å²) < 4.78 is 4.43. The van der Waals surface area contributed by atoms with Gasteiger partial charge >= 0.3 is 5.97 Å². The summed E-state index contributed by atoms with van der Waals surface area (Å²) in [5, 5.41) is 11.3. The van der Waals surface area contributed by atoms with Crippen molar-refractivity contribution in [1.82, 2.24) is 0 Å². The zero-order chi connectivity index (χ0) is 9.68. The van der Waals surface area contributed by atoms with E-state index < -0.39 is 0 Å². The van der Waals surface area contributed by atoms with Crippen LogP contribution in [-0.4, -0.2) is 13.1 Å². The summed E-state index contributed by atoms with van der Waals surface area (Å²) in [4.78, 5) is 10.7. The van der Waals surface area contributed by atoms with E-state index >= 15 is 0 Å². The van der Waals surface area contributed by atoms with E-state index in [1.807, 2.05) is 0 Å². The fourth-order valence-electron chi connectivity index (χ4n) is 1.02. The second kappa shape index (κ2) is 4.50. The molecule has 1 aliphatic rings. The molecule has 1 rings (SSSR count). The van der Waals surface area contributed by atoms with Gasteiger partial charge in [0.25, 0.3) is 0 Å². The van der Waals surface area contributed by atoms with Gasteiger partial charge in [0.05, 0.1) is 7.11 Å². The minimum atomic E-state index is -0.347. The lowest BCUT2D eigenvalue weighted by Gasteiger charge is -2.12. The van der Waals surface area contributed by atoms with Gasteiger partial charge in [-0.1, -0.05) is 24.3 Å². The average molecular weight is 179 g/mol. The molecular weight excluding hydrogens is 168 g/mol. The lowest BCUT2D eigenvalue weighted by molar-refractivity contribution is -0.307. The van der Waals surface area contributed by atoms with Gasteiger partial charge in [-0.15, -0.1) is 5.76 Å². The van der Waals surface area contributed by atoms with Crippen LogP contribution in [0.25, 0.3) is 0 Å². The number of allylic oxidation sites excluding steroid dienone is 6. The first-order valence-corrected chi connectivity index (χ1v) is 4.06. The first-order chi connectivity index (χ1) is 6.24. The van der Waals surface area contributed by atoms with Crippen LogP contribution in [0.1, 0.15) is 12.8 Å². The number of esters is 1. The molecule has 0 N–H and O–H groups in total. The Labute approximate surface area is 77.0 Å². The molecule has 0 fully saturated rings. The Morgan fingerprint density at radius 3 is 2.54 bits per heavy atom. The number of carbonyl (C=O) groups excluding carboxylic acids is 1. The predicted molar refractivity (Wildman–Crippen MR) is 46.6 cm³/mol. The molecule has 0 aromatic carbocycles.